The zero-order valence-corrected chi connectivity index (χ0v) is 22.1. The highest BCUT2D eigenvalue weighted by molar-refractivity contribution is 7.85. The summed E-state index contributed by atoms with van der Waals surface area (Å²) in [4.78, 5) is 28.9. The van der Waals surface area contributed by atoms with E-state index in [0.29, 0.717) is 20.4 Å². The Hall–Kier alpha value is -3.66. The van der Waals surface area contributed by atoms with Crippen LogP contribution >= 0.6 is 23.2 Å². The SMILES string of the molecule is O=C(Nc1cc(C(F)(F)F)ccc1Cl)c1ccc2c(c1)N(Cc1cccc(Cl)c1)C(=O)c1ccccc1[S@@]2=O. The van der Waals surface area contributed by atoms with Crippen LogP contribution in [0.3, 0.4) is 0 Å². The maximum absolute atomic E-state index is 13.7. The van der Waals surface area contributed by atoms with Crippen molar-refractivity contribution < 1.29 is 27.0 Å². The summed E-state index contributed by atoms with van der Waals surface area (Å²) >= 11 is 12.2. The van der Waals surface area contributed by atoms with Gasteiger partial charge in [-0.25, -0.2) is 4.21 Å². The second-order valence-electron chi connectivity index (χ2n) is 8.62. The Bertz CT molecular complexity index is 1660. The minimum Gasteiger partial charge on any atom is -0.321 e. The third-order valence-electron chi connectivity index (χ3n) is 6.05. The first-order chi connectivity index (χ1) is 18.5. The molecule has 1 aliphatic heterocycles. The van der Waals surface area contributed by atoms with E-state index in [9.17, 15) is 27.0 Å². The molecule has 198 valence electrons. The molecule has 5 rings (SSSR count). The number of halogens is 5. The molecule has 0 aliphatic carbocycles. The molecule has 4 aromatic carbocycles. The molecule has 0 spiro atoms. The number of anilines is 2. The second kappa shape index (κ2) is 10.5. The van der Waals surface area contributed by atoms with Crippen molar-refractivity contribution in [1.82, 2.24) is 0 Å². The Balaban J connectivity index is 1.58. The van der Waals surface area contributed by atoms with E-state index in [2.05, 4.69) is 5.32 Å². The number of fused-ring (bicyclic) bond motifs is 2. The average Bonchev–Trinajstić information content (AvgIpc) is 2.98. The summed E-state index contributed by atoms with van der Waals surface area (Å²) in [6.07, 6.45) is -4.63. The number of alkyl halides is 3. The smallest absolute Gasteiger partial charge is 0.321 e. The highest BCUT2D eigenvalue weighted by Crippen LogP contribution is 2.37. The topological polar surface area (TPSA) is 66.5 Å². The van der Waals surface area contributed by atoms with E-state index in [4.69, 9.17) is 23.2 Å². The molecule has 1 atom stereocenters. The summed E-state index contributed by atoms with van der Waals surface area (Å²) in [6, 6.07) is 20.3. The van der Waals surface area contributed by atoms with Crippen LogP contribution in [-0.2, 0) is 23.5 Å². The minimum absolute atomic E-state index is 0.0223. The van der Waals surface area contributed by atoms with Crippen LogP contribution in [0.4, 0.5) is 24.5 Å². The number of rotatable bonds is 4. The standard InChI is InChI=1S/C28H17Cl2F3N2O3S/c29-19-5-3-4-16(12-19)15-35-23-13-17(26(36)34-22-14-18(28(31,32)33)9-10-21(22)30)8-11-25(23)39(38)24-7-2-1-6-20(24)27(35)37/h1-14H,15H2,(H,34,36)/t39-/m0/s1. The van der Waals surface area contributed by atoms with Crippen LogP contribution in [0.2, 0.25) is 10.0 Å². The van der Waals surface area contributed by atoms with Gasteiger partial charge in [0.1, 0.15) is 0 Å². The molecule has 2 amide bonds. The first kappa shape index (κ1) is 26.9. The minimum atomic E-state index is -4.63. The van der Waals surface area contributed by atoms with Crippen molar-refractivity contribution in [3.8, 4) is 0 Å². The Labute approximate surface area is 233 Å². The molecule has 0 radical (unpaired) electrons. The molecule has 0 unspecified atom stereocenters. The molecule has 11 heteroatoms. The fourth-order valence-corrected chi connectivity index (χ4v) is 5.89. The van der Waals surface area contributed by atoms with Gasteiger partial charge in [-0.15, -0.1) is 0 Å². The first-order valence-electron chi connectivity index (χ1n) is 11.4. The molecule has 1 heterocycles. The van der Waals surface area contributed by atoms with Crippen LogP contribution in [0.15, 0.2) is 94.7 Å². The van der Waals surface area contributed by atoms with Crippen molar-refractivity contribution in [3.63, 3.8) is 0 Å². The maximum atomic E-state index is 13.7. The number of carbonyl (C=O) groups excluding carboxylic acids is 2. The third-order valence-corrected chi connectivity index (χ3v) is 8.11. The number of benzene rings is 4. The Kier molecular flexibility index (Phi) is 7.24. The quantitative estimate of drug-likeness (QED) is 0.267. The Morgan fingerprint density at radius 3 is 2.41 bits per heavy atom. The summed E-state index contributed by atoms with van der Waals surface area (Å²) < 4.78 is 53.1. The lowest BCUT2D eigenvalue weighted by molar-refractivity contribution is -0.137. The third kappa shape index (κ3) is 5.43. The van der Waals surface area contributed by atoms with Gasteiger partial charge < -0.3 is 10.2 Å². The summed E-state index contributed by atoms with van der Waals surface area (Å²) in [6.45, 7) is 0.0580. The van der Waals surface area contributed by atoms with E-state index in [1.54, 1.807) is 48.5 Å². The van der Waals surface area contributed by atoms with Crippen LogP contribution in [0.5, 0.6) is 0 Å². The molecule has 1 N–H and O–H groups in total. The van der Waals surface area contributed by atoms with E-state index >= 15 is 0 Å². The van der Waals surface area contributed by atoms with Gasteiger partial charge in [0.25, 0.3) is 11.8 Å². The lowest BCUT2D eigenvalue weighted by Gasteiger charge is -2.24. The Morgan fingerprint density at radius 1 is 0.897 bits per heavy atom. The van der Waals surface area contributed by atoms with E-state index < -0.39 is 34.4 Å². The van der Waals surface area contributed by atoms with Crippen molar-refractivity contribution in [1.29, 1.82) is 0 Å². The van der Waals surface area contributed by atoms with Crippen LogP contribution < -0.4 is 10.2 Å². The average molecular weight is 589 g/mol. The molecular formula is C28H17Cl2F3N2O3S. The van der Waals surface area contributed by atoms with Gasteiger partial charge in [-0.1, -0.05) is 47.5 Å². The lowest BCUT2D eigenvalue weighted by Crippen LogP contribution is -2.30. The molecule has 0 saturated carbocycles. The van der Waals surface area contributed by atoms with Gasteiger partial charge in [0.15, 0.2) is 0 Å². The largest absolute Gasteiger partial charge is 0.416 e. The van der Waals surface area contributed by atoms with Gasteiger partial charge in [-0.2, -0.15) is 13.2 Å². The van der Waals surface area contributed by atoms with Crippen LogP contribution in [0.1, 0.15) is 31.8 Å². The fourth-order valence-electron chi connectivity index (χ4n) is 4.17. The zero-order valence-electron chi connectivity index (χ0n) is 19.8. The molecule has 0 fully saturated rings. The highest BCUT2D eigenvalue weighted by atomic mass is 35.5. The lowest BCUT2D eigenvalue weighted by atomic mass is 10.1. The van der Waals surface area contributed by atoms with Gasteiger partial charge in [0, 0.05) is 10.6 Å². The predicted molar refractivity (Wildman–Crippen MR) is 144 cm³/mol. The monoisotopic (exact) mass is 588 g/mol. The zero-order chi connectivity index (χ0) is 27.9. The summed E-state index contributed by atoms with van der Waals surface area (Å²) in [5, 5.41) is 2.79. The van der Waals surface area contributed by atoms with Gasteiger partial charge >= 0.3 is 6.18 Å². The van der Waals surface area contributed by atoms with E-state index in [1.165, 1.54) is 23.1 Å². The van der Waals surface area contributed by atoms with Gasteiger partial charge in [-0.3, -0.25) is 9.59 Å². The van der Waals surface area contributed by atoms with Gasteiger partial charge in [-0.05, 0) is 66.2 Å². The molecule has 1 aliphatic rings. The Morgan fingerprint density at radius 2 is 1.67 bits per heavy atom. The van der Waals surface area contributed by atoms with E-state index in [0.717, 1.165) is 18.2 Å². The van der Waals surface area contributed by atoms with Crippen molar-refractivity contribution >= 4 is 57.2 Å². The number of hydrogen-bond donors (Lipinski definition) is 1. The fraction of sp³-hybridized carbons (Fsp3) is 0.0714. The van der Waals surface area contributed by atoms with Crippen molar-refractivity contribution in [2.75, 3.05) is 10.2 Å². The number of hydrogen-bond acceptors (Lipinski definition) is 3. The first-order valence-corrected chi connectivity index (χ1v) is 13.3. The number of amides is 2. The summed E-state index contributed by atoms with van der Waals surface area (Å²) in [5.41, 5.74) is -0.0235. The van der Waals surface area contributed by atoms with E-state index in [-0.39, 0.29) is 34.1 Å². The van der Waals surface area contributed by atoms with Crippen LogP contribution in [0.25, 0.3) is 0 Å². The number of carbonyl (C=O) groups is 2. The molecule has 0 bridgehead atoms. The second-order valence-corrected chi connectivity index (χ2v) is 10.9. The molecule has 0 saturated heterocycles. The van der Waals surface area contributed by atoms with Crippen molar-refractivity contribution in [2.45, 2.75) is 22.5 Å². The number of nitrogens with one attached hydrogen (secondary N) is 1. The van der Waals surface area contributed by atoms with Crippen molar-refractivity contribution in [2.24, 2.45) is 0 Å². The maximum Gasteiger partial charge on any atom is 0.416 e. The predicted octanol–water partition coefficient (Wildman–Crippen LogP) is 7.59. The van der Waals surface area contributed by atoms with Gasteiger partial charge in [0.05, 0.1) is 54.7 Å². The van der Waals surface area contributed by atoms with E-state index in [1.807, 2.05) is 0 Å². The number of nitrogens with zero attached hydrogens (tertiary/aromatic N) is 1. The molecule has 0 aromatic heterocycles. The molecule has 39 heavy (non-hydrogen) atoms. The van der Waals surface area contributed by atoms with Crippen molar-refractivity contribution in [3.05, 3.63) is 117 Å². The molecule has 5 nitrogen and oxygen atoms in total. The summed E-state index contributed by atoms with van der Waals surface area (Å²) in [7, 11) is -1.75. The normalized spacial score (nSPS) is 14.8. The van der Waals surface area contributed by atoms with Crippen LogP contribution in [0, 0.1) is 0 Å². The molecular weight excluding hydrogens is 572 g/mol. The highest BCUT2D eigenvalue weighted by Gasteiger charge is 2.33. The summed E-state index contributed by atoms with van der Waals surface area (Å²) in [5.74, 6) is -1.20. The van der Waals surface area contributed by atoms with Crippen LogP contribution in [-0.4, -0.2) is 16.0 Å². The molecule has 4 aromatic rings. The van der Waals surface area contributed by atoms with Gasteiger partial charge in [0.2, 0.25) is 0 Å².